The smallest absolute Gasteiger partial charge is 0.243 e. The maximum atomic E-state index is 13.0. The Balaban J connectivity index is 1.97. The van der Waals surface area contributed by atoms with Crippen molar-refractivity contribution >= 4 is 52.1 Å². The van der Waals surface area contributed by atoms with Gasteiger partial charge in [0.15, 0.2) is 0 Å². The van der Waals surface area contributed by atoms with Crippen LogP contribution >= 0.6 is 34.8 Å². The van der Waals surface area contributed by atoms with E-state index in [1.54, 1.807) is 12.1 Å². The number of anilines is 2. The van der Waals surface area contributed by atoms with Crippen LogP contribution in [0.1, 0.15) is 0 Å². The van der Waals surface area contributed by atoms with E-state index in [1.165, 1.54) is 24.3 Å². The van der Waals surface area contributed by atoms with Crippen LogP contribution in [0.3, 0.4) is 0 Å². The van der Waals surface area contributed by atoms with Crippen LogP contribution in [0.25, 0.3) is 0 Å². The lowest BCUT2D eigenvalue weighted by Gasteiger charge is -2.10. The average molecular weight is 348 g/mol. The van der Waals surface area contributed by atoms with Crippen LogP contribution in [-0.2, 0) is 4.79 Å². The molecule has 2 aromatic rings. The van der Waals surface area contributed by atoms with E-state index in [1.807, 2.05) is 0 Å². The summed E-state index contributed by atoms with van der Waals surface area (Å²) < 4.78 is 13.0. The fraction of sp³-hybridized carbons (Fsp3) is 0.0714. The van der Waals surface area contributed by atoms with Crippen LogP contribution in [0.15, 0.2) is 36.4 Å². The van der Waals surface area contributed by atoms with Gasteiger partial charge in [0.05, 0.1) is 27.3 Å². The Labute approximate surface area is 136 Å². The normalized spacial score (nSPS) is 10.3. The number of carbonyl (C=O) groups is 1. The molecule has 0 aliphatic rings. The van der Waals surface area contributed by atoms with Crippen molar-refractivity contribution in [1.82, 2.24) is 0 Å². The molecule has 0 atom stereocenters. The highest BCUT2D eigenvalue weighted by molar-refractivity contribution is 6.44. The topological polar surface area (TPSA) is 41.1 Å². The largest absolute Gasteiger partial charge is 0.376 e. The molecule has 2 N–H and O–H groups in total. The maximum absolute atomic E-state index is 13.0. The number of hydrogen-bond acceptors (Lipinski definition) is 2. The Morgan fingerprint density at radius 2 is 1.76 bits per heavy atom. The Hall–Kier alpha value is -1.49. The first kappa shape index (κ1) is 15.9. The fourth-order valence-corrected chi connectivity index (χ4v) is 2.19. The second kappa shape index (κ2) is 6.98. The van der Waals surface area contributed by atoms with Gasteiger partial charge in [-0.25, -0.2) is 4.39 Å². The molecule has 0 bridgehead atoms. The summed E-state index contributed by atoms with van der Waals surface area (Å²) in [6, 6.07) is 8.72. The van der Waals surface area contributed by atoms with E-state index in [0.717, 1.165) is 0 Å². The molecule has 110 valence electrons. The van der Waals surface area contributed by atoms with Gasteiger partial charge in [-0.05, 0) is 30.3 Å². The van der Waals surface area contributed by atoms with E-state index >= 15 is 0 Å². The lowest BCUT2D eigenvalue weighted by molar-refractivity contribution is -0.114. The molecular formula is C14H10Cl3FN2O. The quantitative estimate of drug-likeness (QED) is 0.777. The molecule has 0 fully saturated rings. The third kappa shape index (κ3) is 4.49. The Kier molecular flexibility index (Phi) is 5.28. The highest BCUT2D eigenvalue weighted by Crippen LogP contribution is 2.32. The average Bonchev–Trinajstić information content (AvgIpc) is 2.43. The number of halogens is 4. The second-order valence-electron chi connectivity index (χ2n) is 4.16. The van der Waals surface area contributed by atoms with E-state index < -0.39 is 0 Å². The van der Waals surface area contributed by atoms with E-state index in [2.05, 4.69) is 10.6 Å². The summed E-state index contributed by atoms with van der Waals surface area (Å²) in [4.78, 5) is 11.8. The lowest BCUT2D eigenvalue weighted by atomic mass is 10.3. The van der Waals surface area contributed by atoms with Crippen molar-refractivity contribution in [3.05, 3.63) is 57.3 Å². The zero-order valence-electron chi connectivity index (χ0n) is 10.6. The number of nitrogens with one attached hydrogen (secondary N) is 2. The summed E-state index contributed by atoms with van der Waals surface area (Å²) in [5.41, 5.74) is 0.863. The molecule has 0 heterocycles. The van der Waals surface area contributed by atoms with E-state index in [0.29, 0.717) is 16.4 Å². The van der Waals surface area contributed by atoms with Crippen LogP contribution in [-0.4, -0.2) is 12.5 Å². The molecule has 21 heavy (non-hydrogen) atoms. The molecule has 0 aliphatic heterocycles. The Morgan fingerprint density at radius 1 is 1.05 bits per heavy atom. The standard InChI is InChI=1S/C14H10Cl3FN2O/c15-10-5-12(17)13(6-11(10)16)20-14(21)7-19-9-3-1-2-8(18)4-9/h1-6,19H,7H2,(H,20,21). The monoisotopic (exact) mass is 346 g/mol. The third-order valence-corrected chi connectivity index (χ3v) is 3.60. The zero-order chi connectivity index (χ0) is 15.4. The summed E-state index contributed by atoms with van der Waals surface area (Å²) in [5.74, 6) is -0.729. The predicted octanol–water partition coefficient (Wildman–Crippen LogP) is 4.84. The molecule has 3 nitrogen and oxygen atoms in total. The molecule has 2 rings (SSSR count). The minimum atomic E-state index is -0.382. The summed E-state index contributed by atoms with van der Waals surface area (Å²) in [6.45, 7) is -0.0416. The molecule has 0 aromatic heterocycles. The number of carbonyl (C=O) groups excluding carboxylic acids is 1. The molecule has 0 radical (unpaired) electrons. The van der Waals surface area contributed by atoms with Gasteiger partial charge in [-0.15, -0.1) is 0 Å². The van der Waals surface area contributed by atoms with E-state index in [9.17, 15) is 9.18 Å². The van der Waals surface area contributed by atoms with E-state index in [4.69, 9.17) is 34.8 Å². The van der Waals surface area contributed by atoms with Gasteiger partial charge in [0.25, 0.3) is 0 Å². The highest BCUT2D eigenvalue weighted by atomic mass is 35.5. The fourth-order valence-electron chi connectivity index (χ4n) is 1.59. The van der Waals surface area contributed by atoms with E-state index in [-0.39, 0.29) is 28.3 Å². The lowest BCUT2D eigenvalue weighted by Crippen LogP contribution is -2.22. The van der Waals surface area contributed by atoms with Crippen LogP contribution < -0.4 is 10.6 Å². The van der Waals surface area contributed by atoms with Crippen molar-refractivity contribution in [3.8, 4) is 0 Å². The summed E-state index contributed by atoms with van der Waals surface area (Å²) in [7, 11) is 0. The molecule has 0 saturated carbocycles. The Morgan fingerprint density at radius 3 is 2.48 bits per heavy atom. The van der Waals surface area contributed by atoms with Gasteiger partial charge in [0, 0.05) is 5.69 Å². The van der Waals surface area contributed by atoms with Crippen LogP contribution in [0, 0.1) is 5.82 Å². The number of amides is 1. The zero-order valence-corrected chi connectivity index (χ0v) is 12.9. The molecule has 0 spiro atoms. The molecule has 0 unspecified atom stereocenters. The van der Waals surface area contributed by atoms with Crippen molar-refractivity contribution in [3.63, 3.8) is 0 Å². The molecule has 1 amide bonds. The van der Waals surface area contributed by atoms with Gasteiger partial charge in [-0.1, -0.05) is 40.9 Å². The predicted molar refractivity (Wildman–Crippen MR) is 85.0 cm³/mol. The third-order valence-electron chi connectivity index (χ3n) is 2.56. The molecular weight excluding hydrogens is 338 g/mol. The first-order valence-corrected chi connectivity index (χ1v) is 7.03. The number of benzene rings is 2. The van der Waals surface area contributed by atoms with Gasteiger partial charge in [-0.2, -0.15) is 0 Å². The van der Waals surface area contributed by atoms with Gasteiger partial charge < -0.3 is 10.6 Å². The molecule has 0 saturated heterocycles. The molecule has 2 aromatic carbocycles. The second-order valence-corrected chi connectivity index (χ2v) is 5.38. The number of rotatable bonds is 4. The first-order chi connectivity index (χ1) is 9.95. The number of hydrogen-bond donors (Lipinski definition) is 2. The Bertz CT molecular complexity index is 679. The van der Waals surface area contributed by atoms with Gasteiger partial charge in [0.2, 0.25) is 5.91 Å². The maximum Gasteiger partial charge on any atom is 0.243 e. The van der Waals surface area contributed by atoms with Gasteiger partial charge >= 0.3 is 0 Å². The SMILES string of the molecule is O=C(CNc1cccc(F)c1)Nc1cc(Cl)c(Cl)cc1Cl. The van der Waals surface area contributed by atoms with Crippen LogP contribution in [0.2, 0.25) is 15.1 Å². The summed E-state index contributed by atoms with van der Waals surface area (Å²) in [6.07, 6.45) is 0. The molecule has 0 aliphatic carbocycles. The van der Waals surface area contributed by atoms with Crippen molar-refractivity contribution in [2.45, 2.75) is 0 Å². The van der Waals surface area contributed by atoms with Crippen molar-refractivity contribution in [2.24, 2.45) is 0 Å². The minimum Gasteiger partial charge on any atom is -0.376 e. The molecule has 7 heteroatoms. The summed E-state index contributed by atoms with van der Waals surface area (Å²) >= 11 is 17.6. The van der Waals surface area contributed by atoms with Gasteiger partial charge in [0.1, 0.15) is 5.82 Å². The minimum absolute atomic E-state index is 0.0416. The summed E-state index contributed by atoms with van der Waals surface area (Å²) in [5, 5.41) is 6.26. The van der Waals surface area contributed by atoms with Crippen LogP contribution in [0.4, 0.5) is 15.8 Å². The van der Waals surface area contributed by atoms with Crippen LogP contribution in [0.5, 0.6) is 0 Å². The van der Waals surface area contributed by atoms with Gasteiger partial charge in [-0.3, -0.25) is 4.79 Å². The van der Waals surface area contributed by atoms with Crippen molar-refractivity contribution < 1.29 is 9.18 Å². The highest BCUT2D eigenvalue weighted by Gasteiger charge is 2.09. The first-order valence-electron chi connectivity index (χ1n) is 5.89. The van der Waals surface area contributed by atoms with Crippen molar-refractivity contribution in [2.75, 3.05) is 17.2 Å². The van der Waals surface area contributed by atoms with Crippen molar-refractivity contribution in [1.29, 1.82) is 0 Å².